The third-order valence-corrected chi connectivity index (χ3v) is 5.21. The summed E-state index contributed by atoms with van der Waals surface area (Å²) in [5, 5.41) is 9.60. The number of carboxylic acids is 1. The minimum absolute atomic E-state index is 0.0476. The molecule has 2 aromatic carbocycles. The van der Waals surface area contributed by atoms with Gasteiger partial charge in [0.1, 0.15) is 11.8 Å². The van der Waals surface area contributed by atoms with E-state index in [2.05, 4.69) is 0 Å². The Bertz CT molecular complexity index is 942. The fourth-order valence-electron chi connectivity index (χ4n) is 3.76. The lowest BCUT2D eigenvalue weighted by Crippen LogP contribution is -2.49. The lowest BCUT2D eigenvalue weighted by molar-refractivity contribution is -0.151. The SMILES string of the molecule is O=C(O)C1Cc2ccccc2CN1C(=O)CCN1C(=O)COc2ccccc21. The van der Waals surface area contributed by atoms with Gasteiger partial charge in [0.25, 0.3) is 5.91 Å². The Morgan fingerprint density at radius 3 is 2.57 bits per heavy atom. The van der Waals surface area contributed by atoms with Crippen molar-refractivity contribution >= 4 is 23.5 Å². The molecule has 0 spiro atoms. The summed E-state index contributed by atoms with van der Waals surface area (Å²) in [7, 11) is 0. The number of anilines is 1. The Hall–Kier alpha value is -3.35. The molecule has 1 unspecified atom stereocenters. The molecule has 7 nitrogen and oxygen atoms in total. The number of hydrogen-bond donors (Lipinski definition) is 1. The van der Waals surface area contributed by atoms with Gasteiger partial charge in [0.05, 0.1) is 5.69 Å². The molecule has 28 heavy (non-hydrogen) atoms. The molecule has 2 heterocycles. The van der Waals surface area contributed by atoms with Gasteiger partial charge >= 0.3 is 5.97 Å². The van der Waals surface area contributed by atoms with Crippen LogP contribution in [0.3, 0.4) is 0 Å². The first kappa shape index (κ1) is 18.0. The molecule has 2 aromatic rings. The van der Waals surface area contributed by atoms with E-state index in [4.69, 9.17) is 4.74 Å². The van der Waals surface area contributed by atoms with Gasteiger partial charge < -0.3 is 19.6 Å². The van der Waals surface area contributed by atoms with Crippen LogP contribution < -0.4 is 9.64 Å². The van der Waals surface area contributed by atoms with Crippen molar-refractivity contribution in [3.63, 3.8) is 0 Å². The minimum atomic E-state index is -1.02. The Morgan fingerprint density at radius 1 is 1.07 bits per heavy atom. The molecular weight excluding hydrogens is 360 g/mol. The summed E-state index contributed by atoms with van der Waals surface area (Å²) < 4.78 is 5.41. The summed E-state index contributed by atoms with van der Waals surface area (Å²) in [6, 6.07) is 13.8. The number of carboxylic acid groups (broad SMARTS) is 1. The van der Waals surface area contributed by atoms with E-state index in [9.17, 15) is 19.5 Å². The number of benzene rings is 2. The predicted octanol–water partition coefficient (Wildman–Crippen LogP) is 1.84. The molecule has 0 bridgehead atoms. The van der Waals surface area contributed by atoms with Crippen LogP contribution in [0, 0.1) is 0 Å². The van der Waals surface area contributed by atoms with Crippen molar-refractivity contribution < 1.29 is 24.2 Å². The topological polar surface area (TPSA) is 87.2 Å². The third-order valence-electron chi connectivity index (χ3n) is 5.21. The molecule has 0 saturated heterocycles. The van der Waals surface area contributed by atoms with Gasteiger partial charge in [-0.1, -0.05) is 36.4 Å². The predicted molar refractivity (Wildman–Crippen MR) is 101 cm³/mol. The summed E-state index contributed by atoms with van der Waals surface area (Å²) in [6.45, 7) is 0.377. The van der Waals surface area contributed by atoms with Crippen LogP contribution in [0.4, 0.5) is 5.69 Å². The van der Waals surface area contributed by atoms with E-state index in [0.29, 0.717) is 11.4 Å². The first-order chi connectivity index (χ1) is 13.5. The quantitative estimate of drug-likeness (QED) is 0.875. The molecule has 0 saturated carbocycles. The molecule has 0 radical (unpaired) electrons. The third kappa shape index (κ3) is 3.31. The fourth-order valence-corrected chi connectivity index (χ4v) is 3.76. The normalized spacial score (nSPS) is 18.1. The summed E-state index contributed by atoms with van der Waals surface area (Å²) in [5.74, 6) is -0.913. The zero-order valence-corrected chi connectivity index (χ0v) is 15.2. The maximum atomic E-state index is 12.9. The van der Waals surface area contributed by atoms with E-state index >= 15 is 0 Å². The van der Waals surface area contributed by atoms with E-state index in [-0.39, 0.29) is 44.4 Å². The van der Waals surface area contributed by atoms with Crippen LogP contribution in [-0.2, 0) is 27.3 Å². The molecule has 1 N–H and O–H groups in total. The maximum absolute atomic E-state index is 12.9. The summed E-state index contributed by atoms with van der Waals surface area (Å²) in [5.41, 5.74) is 2.54. The van der Waals surface area contributed by atoms with Gasteiger partial charge in [-0.2, -0.15) is 0 Å². The van der Waals surface area contributed by atoms with Crippen LogP contribution >= 0.6 is 0 Å². The van der Waals surface area contributed by atoms with Gasteiger partial charge in [-0.3, -0.25) is 9.59 Å². The highest BCUT2D eigenvalue weighted by atomic mass is 16.5. The van der Waals surface area contributed by atoms with Crippen LogP contribution in [0.5, 0.6) is 5.75 Å². The zero-order valence-electron chi connectivity index (χ0n) is 15.2. The number of amides is 2. The summed E-state index contributed by atoms with van der Waals surface area (Å²) in [6.07, 6.45) is 0.336. The van der Waals surface area contributed by atoms with Crippen molar-refractivity contribution in [3.8, 4) is 5.75 Å². The number of para-hydroxylation sites is 2. The smallest absolute Gasteiger partial charge is 0.326 e. The Kier molecular flexibility index (Phi) is 4.73. The number of nitrogens with zero attached hydrogens (tertiary/aromatic N) is 2. The fraction of sp³-hybridized carbons (Fsp3) is 0.286. The van der Waals surface area contributed by atoms with Crippen molar-refractivity contribution in [1.29, 1.82) is 0 Å². The van der Waals surface area contributed by atoms with Crippen LogP contribution in [0.2, 0.25) is 0 Å². The number of hydrogen-bond acceptors (Lipinski definition) is 4. The number of rotatable bonds is 4. The second kappa shape index (κ2) is 7.34. The molecule has 1 atom stereocenters. The second-order valence-corrected chi connectivity index (χ2v) is 6.90. The lowest BCUT2D eigenvalue weighted by Gasteiger charge is -2.35. The highest BCUT2D eigenvalue weighted by Gasteiger charge is 2.35. The van der Waals surface area contributed by atoms with Crippen molar-refractivity contribution in [2.75, 3.05) is 18.1 Å². The highest BCUT2D eigenvalue weighted by molar-refractivity contribution is 5.98. The van der Waals surface area contributed by atoms with Crippen molar-refractivity contribution in [2.45, 2.75) is 25.4 Å². The van der Waals surface area contributed by atoms with Crippen LogP contribution in [0.25, 0.3) is 0 Å². The second-order valence-electron chi connectivity index (χ2n) is 6.90. The van der Waals surface area contributed by atoms with Crippen LogP contribution in [0.15, 0.2) is 48.5 Å². The molecule has 0 fully saturated rings. The van der Waals surface area contributed by atoms with Gasteiger partial charge in [-0.15, -0.1) is 0 Å². The number of aliphatic carboxylic acids is 1. The van der Waals surface area contributed by atoms with E-state index in [1.54, 1.807) is 18.2 Å². The highest BCUT2D eigenvalue weighted by Crippen LogP contribution is 2.32. The molecule has 2 aliphatic heterocycles. The van der Waals surface area contributed by atoms with Gasteiger partial charge in [-0.25, -0.2) is 4.79 Å². The lowest BCUT2D eigenvalue weighted by atomic mass is 9.93. The molecule has 0 aliphatic carbocycles. The molecule has 0 aromatic heterocycles. The molecule has 2 amide bonds. The van der Waals surface area contributed by atoms with E-state index < -0.39 is 12.0 Å². The van der Waals surface area contributed by atoms with E-state index in [1.807, 2.05) is 30.3 Å². The van der Waals surface area contributed by atoms with Crippen molar-refractivity contribution in [1.82, 2.24) is 4.90 Å². The Labute approximate surface area is 162 Å². The van der Waals surface area contributed by atoms with E-state index in [1.165, 1.54) is 9.80 Å². The number of carbonyl (C=O) groups excluding carboxylic acids is 2. The first-order valence-corrected chi connectivity index (χ1v) is 9.16. The van der Waals surface area contributed by atoms with Gasteiger partial charge in [-0.05, 0) is 23.3 Å². The monoisotopic (exact) mass is 380 g/mol. The maximum Gasteiger partial charge on any atom is 0.326 e. The summed E-state index contributed by atoms with van der Waals surface area (Å²) >= 11 is 0. The molecule has 4 rings (SSSR count). The van der Waals surface area contributed by atoms with Crippen molar-refractivity contribution in [2.24, 2.45) is 0 Å². The van der Waals surface area contributed by atoms with Crippen molar-refractivity contribution in [3.05, 3.63) is 59.7 Å². The average molecular weight is 380 g/mol. The molecule has 2 aliphatic rings. The van der Waals surface area contributed by atoms with Gasteiger partial charge in [0.15, 0.2) is 6.61 Å². The van der Waals surface area contributed by atoms with E-state index in [0.717, 1.165) is 11.1 Å². The number of ether oxygens (including phenoxy) is 1. The number of carbonyl (C=O) groups is 3. The standard InChI is InChI=1S/C21H20N2O5/c24-19(9-10-22-16-7-3-4-8-18(16)28-13-20(22)25)23-12-15-6-2-1-5-14(15)11-17(23)21(26)27/h1-8,17H,9-13H2,(H,26,27). The van der Waals surface area contributed by atoms with Crippen LogP contribution in [0.1, 0.15) is 17.5 Å². The average Bonchev–Trinajstić information content (AvgIpc) is 2.71. The zero-order chi connectivity index (χ0) is 19.7. The molecule has 144 valence electrons. The Morgan fingerprint density at radius 2 is 1.79 bits per heavy atom. The molecular formula is C21H20N2O5. The summed E-state index contributed by atoms with van der Waals surface area (Å²) in [4.78, 5) is 39.8. The van der Waals surface area contributed by atoms with Gasteiger partial charge in [0.2, 0.25) is 5.91 Å². The van der Waals surface area contributed by atoms with Crippen LogP contribution in [-0.4, -0.2) is 47.0 Å². The van der Waals surface area contributed by atoms with Gasteiger partial charge in [0, 0.05) is 25.9 Å². The molecule has 7 heteroatoms. The number of fused-ring (bicyclic) bond motifs is 2. The minimum Gasteiger partial charge on any atom is -0.482 e. The Balaban J connectivity index is 1.50. The first-order valence-electron chi connectivity index (χ1n) is 9.16. The largest absolute Gasteiger partial charge is 0.482 e.